The second-order valence-electron chi connectivity index (χ2n) is 8.82. The van der Waals surface area contributed by atoms with Crippen molar-refractivity contribution in [2.75, 3.05) is 39.3 Å². The van der Waals surface area contributed by atoms with Crippen molar-refractivity contribution in [3.05, 3.63) is 78.0 Å². The zero-order valence-electron chi connectivity index (χ0n) is 19.4. The average Bonchev–Trinajstić information content (AvgIpc) is 3.30. The number of aromatic nitrogens is 1. The van der Waals surface area contributed by atoms with Crippen LogP contribution < -0.4 is 5.32 Å². The highest BCUT2D eigenvalue weighted by Crippen LogP contribution is 2.25. The largest absolute Gasteiger partial charge is 0.373 e. The number of benzene rings is 2. The predicted octanol–water partition coefficient (Wildman–Crippen LogP) is 3.33. The van der Waals surface area contributed by atoms with E-state index in [-0.39, 0.29) is 6.10 Å². The minimum absolute atomic E-state index is 0.230. The van der Waals surface area contributed by atoms with Gasteiger partial charge in [0, 0.05) is 50.9 Å². The summed E-state index contributed by atoms with van der Waals surface area (Å²) in [6, 6.07) is 21.6. The Balaban J connectivity index is 1.26. The number of nitrogens with one attached hydrogen (secondary N) is 1. The van der Waals surface area contributed by atoms with Crippen LogP contribution in [0.15, 0.2) is 71.9 Å². The molecule has 3 aromatic rings. The molecule has 1 N–H and O–H groups in total. The van der Waals surface area contributed by atoms with Crippen molar-refractivity contribution in [3.8, 4) is 0 Å². The third-order valence-electron chi connectivity index (χ3n) is 6.64. The number of rotatable bonds is 6. The Morgan fingerprint density at radius 1 is 1.09 bits per heavy atom. The van der Waals surface area contributed by atoms with E-state index in [1.807, 2.05) is 12.3 Å². The van der Waals surface area contributed by atoms with Crippen molar-refractivity contribution in [1.82, 2.24) is 20.1 Å². The number of hydrogen-bond donors (Lipinski definition) is 1. The molecular formula is C27H33N5O. The van der Waals surface area contributed by atoms with Gasteiger partial charge in [-0.25, -0.2) is 0 Å². The number of nitrogens with zero attached hydrogens (tertiary/aromatic N) is 4. The Morgan fingerprint density at radius 2 is 1.97 bits per heavy atom. The van der Waals surface area contributed by atoms with Crippen molar-refractivity contribution < 1.29 is 4.74 Å². The predicted molar refractivity (Wildman–Crippen MR) is 133 cm³/mol. The minimum Gasteiger partial charge on any atom is -0.373 e. The van der Waals surface area contributed by atoms with Crippen molar-refractivity contribution in [1.29, 1.82) is 0 Å². The molecule has 1 aromatic heterocycles. The standard InChI is InChI=1S/C27H33N5O/c1-2-28-27(30-15-13-23-11-6-10-22-12-7-14-29-26(22)23)32-19-24-25(20-32)33-17-16-31(24)18-21-8-4-3-5-9-21/h3-12,14,24-25H,2,13,15-20H2,1H3,(H,28,30). The molecule has 3 heterocycles. The third-order valence-corrected chi connectivity index (χ3v) is 6.64. The third kappa shape index (κ3) is 5.02. The first-order valence-electron chi connectivity index (χ1n) is 12.1. The van der Waals surface area contributed by atoms with E-state index in [9.17, 15) is 0 Å². The van der Waals surface area contributed by atoms with E-state index in [1.54, 1.807) is 0 Å². The molecule has 0 spiro atoms. The Bertz CT molecular complexity index is 1080. The summed E-state index contributed by atoms with van der Waals surface area (Å²) in [6.07, 6.45) is 2.97. The Labute approximate surface area is 196 Å². The fourth-order valence-electron chi connectivity index (χ4n) is 5.02. The van der Waals surface area contributed by atoms with Gasteiger partial charge in [0.2, 0.25) is 0 Å². The summed E-state index contributed by atoms with van der Waals surface area (Å²) in [4.78, 5) is 14.5. The molecule has 6 heteroatoms. The maximum atomic E-state index is 6.18. The van der Waals surface area contributed by atoms with Crippen LogP contribution in [0.25, 0.3) is 10.9 Å². The van der Waals surface area contributed by atoms with Gasteiger partial charge in [0.25, 0.3) is 0 Å². The number of pyridine rings is 1. The summed E-state index contributed by atoms with van der Waals surface area (Å²) in [5, 5.41) is 4.69. The second kappa shape index (κ2) is 10.3. The lowest BCUT2D eigenvalue weighted by molar-refractivity contribution is -0.0502. The molecule has 2 aromatic carbocycles. The summed E-state index contributed by atoms with van der Waals surface area (Å²) in [5.41, 5.74) is 3.69. The van der Waals surface area contributed by atoms with Gasteiger partial charge >= 0.3 is 0 Å². The van der Waals surface area contributed by atoms with Gasteiger partial charge in [-0.05, 0) is 30.5 Å². The average molecular weight is 444 g/mol. The summed E-state index contributed by atoms with van der Waals surface area (Å²) in [5.74, 6) is 0.989. The number of hydrogen-bond acceptors (Lipinski definition) is 4. The summed E-state index contributed by atoms with van der Waals surface area (Å²) in [6.45, 7) is 8.30. The quantitative estimate of drug-likeness (QED) is 0.468. The lowest BCUT2D eigenvalue weighted by atomic mass is 10.1. The van der Waals surface area contributed by atoms with Crippen LogP contribution in [-0.2, 0) is 17.7 Å². The van der Waals surface area contributed by atoms with E-state index in [2.05, 4.69) is 81.6 Å². The van der Waals surface area contributed by atoms with E-state index in [1.165, 1.54) is 16.5 Å². The smallest absolute Gasteiger partial charge is 0.194 e. The normalized spacial score (nSPS) is 21.4. The Kier molecular flexibility index (Phi) is 6.84. The fourth-order valence-corrected chi connectivity index (χ4v) is 5.02. The van der Waals surface area contributed by atoms with Crippen LogP contribution in [0.3, 0.4) is 0 Å². The maximum absolute atomic E-state index is 6.18. The molecule has 0 aliphatic carbocycles. The van der Waals surface area contributed by atoms with Gasteiger partial charge in [-0.15, -0.1) is 0 Å². The van der Waals surface area contributed by atoms with Crippen molar-refractivity contribution in [2.45, 2.75) is 32.0 Å². The monoisotopic (exact) mass is 443 g/mol. The molecule has 5 rings (SSSR count). The number of aliphatic imine (C=N–C) groups is 1. The van der Waals surface area contributed by atoms with Crippen LogP contribution in [-0.4, -0.2) is 72.2 Å². The molecule has 2 saturated heterocycles. The number of morpholine rings is 1. The van der Waals surface area contributed by atoms with Gasteiger partial charge in [-0.2, -0.15) is 0 Å². The van der Waals surface area contributed by atoms with Crippen LogP contribution in [0.1, 0.15) is 18.1 Å². The number of likely N-dealkylation sites (tertiary alicyclic amines) is 1. The van der Waals surface area contributed by atoms with Crippen LogP contribution in [0.4, 0.5) is 0 Å². The van der Waals surface area contributed by atoms with Crippen molar-refractivity contribution in [3.63, 3.8) is 0 Å². The topological polar surface area (TPSA) is 53.0 Å². The van der Waals surface area contributed by atoms with E-state index in [0.717, 1.165) is 63.8 Å². The molecule has 6 nitrogen and oxygen atoms in total. The van der Waals surface area contributed by atoms with Gasteiger partial charge in [0.1, 0.15) is 0 Å². The molecule has 2 atom stereocenters. The molecular weight excluding hydrogens is 410 g/mol. The Hall–Kier alpha value is -2.96. The Morgan fingerprint density at radius 3 is 2.85 bits per heavy atom. The first-order valence-corrected chi connectivity index (χ1v) is 12.1. The van der Waals surface area contributed by atoms with Gasteiger partial charge in [0.05, 0.1) is 24.3 Å². The lowest BCUT2D eigenvalue weighted by Crippen LogP contribution is -2.50. The van der Waals surface area contributed by atoms with Crippen molar-refractivity contribution >= 4 is 16.9 Å². The lowest BCUT2D eigenvalue weighted by Gasteiger charge is -2.36. The first-order chi connectivity index (χ1) is 16.3. The van der Waals surface area contributed by atoms with E-state index < -0.39 is 0 Å². The molecule has 2 fully saturated rings. The van der Waals surface area contributed by atoms with Crippen LogP contribution in [0.5, 0.6) is 0 Å². The van der Waals surface area contributed by atoms with E-state index in [0.29, 0.717) is 6.04 Å². The zero-order valence-corrected chi connectivity index (χ0v) is 19.4. The summed E-state index contributed by atoms with van der Waals surface area (Å²) < 4.78 is 6.18. The maximum Gasteiger partial charge on any atom is 0.194 e. The summed E-state index contributed by atoms with van der Waals surface area (Å²) in [7, 11) is 0. The number of fused-ring (bicyclic) bond motifs is 2. The second-order valence-corrected chi connectivity index (χ2v) is 8.82. The molecule has 2 aliphatic heterocycles. The zero-order chi connectivity index (χ0) is 22.5. The highest BCUT2D eigenvalue weighted by atomic mass is 16.5. The minimum atomic E-state index is 0.230. The number of guanidine groups is 1. The highest BCUT2D eigenvalue weighted by Gasteiger charge is 2.41. The molecule has 2 aliphatic rings. The van der Waals surface area contributed by atoms with Crippen LogP contribution in [0.2, 0.25) is 0 Å². The first kappa shape index (κ1) is 21.9. The molecule has 2 unspecified atom stereocenters. The van der Waals surface area contributed by atoms with E-state index >= 15 is 0 Å². The number of ether oxygens (including phenoxy) is 1. The van der Waals surface area contributed by atoms with Crippen LogP contribution in [0, 0.1) is 0 Å². The number of para-hydroxylation sites is 1. The summed E-state index contributed by atoms with van der Waals surface area (Å²) >= 11 is 0. The van der Waals surface area contributed by atoms with Crippen molar-refractivity contribution in [2.24, 2.45) is 4.99 Å². The van der Waals surface area contributed by atoms with Gasteiger partial charge in [0.15, 0.2) is 5.96 Å². The van der Waals surface area contributed by atoms with Gasteiger partial charge < -0.3 is 15.0 Å². The molecule has 0 saturated carbocycles. The molecule has 33 heavy (non-hydrogen) atoms. The molecule has 0 radical (unpaired) electrons. The molecule has 0 bridgehead atoms. The molecule has 172 valence electrons. The fraction of sp³-hybridized carbons (Fsp3) is 0.407. The van der Waals surface area contributed by atoms with E-state index in [4.69, 9.17) is 9.73 Å². The SMILES string of the molecule is CCNC(=NCCc1cccc2cccnc12)N1CC2OCCN(Cc3ccccc3)C2C1. The van der Waals surface area contributed by atoms with Gasteiger partial charge in [-0.3, -0.25) is 14.9 Å². The van der Waals surface area contributed by atoms with Crippen LogP contribution >= 0.6 is 0 Å². The van der Waals surface area contributed by atoms with Gasteiger partial charge in [-0.1, -0.05) is 54.6 Å². The highest BCUT2D eigenvalue weighted by molar-refractivity contribution is 5.82. The molecule has 0 amide bonds.